The first kappa shape index (κ1) is 15.1. The van der Waals surface area contributed by atoms with E-state index in [0.717, 1.165) is 31.7 Å². The Balaban J connectivity index is 1.64. The Kier molecular flexibility index (Phi) is 3.89. The SMILES string of the molecule is FC1(F)Oc2ccc([C@H](C3CCCC3)N3CCNCC3)cc2O1. The molecule has 1 aliphatic carbocycles. The van der Waals surface area contributed by atoms with E-state index in [2.05, 4.69) is 19.7 Å². The Morgan fingerprint density at radius 1 is 1.09 bits per heavy atom. The second-order valence-corrected chi connectivity index (χ2v) is 6.65. The lowest BCUT2D eigenvalue weighted by Crippen LogP contribution is -2.46. The van der Waals surface area contributed by atoms with Gasteiger partial charge >= 0.3 is 6.29 Å². The number of rotatable bonds is 3. The van der Waals surface area contributed by atoms with Gasteiger partial charge in [0.25, 0.3) is 0 Å². The van der Waals surface area contributed by atoms with Gasteiger partial charge in [-0.2, -0.15) is 0 Å². The number of nitrogens with one attached hydrogen (secondary N) is 1. The van der Waals surface area contributed by atoms with Crippen LogP contribution in [-0.2, 0) is 0 Å². The van der Waals surface area contributed by atoms with Crippen LogP contribution in [0.3, 0.4) is 0 Å². The summed E-state index contributed by atoms with van der Waals surface area (Å²) in [7, 11) is 0. The van der Waals surface area contributed by atoms with Crippen molar-refractivity contribution in [1.29, 1.82) is 0 Å². The van der Waals surface area contributed by atoms with Crippen molar-refractivity contribution in [3.8, 4) is 11.5 Å². The number of benzene rings is 1. The van der Waals surface area contributed by atoms with Crippen LogP contribution in [0.25, 0.3) is 0 Å². The molecule has 126 valence electrons. The molecule has 1 atom stereocenters. The number of alkyl halides is 2. The first-order valence-corrected chi connectivity index (χ1v) is 8.47. The first-order valence-electron chi connectivity index (χ1n) is 8.47. The highest BCUT2D eigenvalue weighted by molar-refractivity contribution is 5.46. The smallest absolute Gasteiger partial charge is 0.395 e. The molecule has 1 aromatic rings. The molecule has 2 aliphatic heterocycles. The van der Waals surface area contributed by atoms with Crippen LogP contribution in [0.2, 0.25) is 0 Å². The summed E-state index contributed by atoms with van der Waals surface area (Å²) in [5, 5.41) is 3.38. The molecule has 0 unspecified atom stereocenters. The predicted octanol–water partition coefficient (Wildman–Crippen LogP) is 3.14. The predicted molar refractivity (Wildman–Crippen MR) is 81.8 cm³/mol. The summed E-state index contributed by atoms with van der Waals surface area (Å²) in [5.41, 5.74) is 1.07. The standard InChI is InChI=1S/C17H22F2N2O2/c18-17(19)22-14-6-5-13(11-15(14)23-17)16(12-3-1-2-4-12)21-9-7-20-8-10-21/h5-6,11-12,16,20H,1-4,7-10H2/t16-/m0/s1. The number of nitrogens with zero attached hydrogens (tertiary/aromatic N) is 1. The molecule has 0 spiro atoms. The highest BCUT2D eigenvalue weighted by Crippen LogP contribution is 2.45. The Hall–Kier alpha value is -1.40. The number of hydrogen-bond acceptors (Lipinski definition) is 4. The lowest BCUT2D eigenvalue weighted by Gasteiger charge is -2.38. The molecule has 0 amide bonds. The molecule has 3 aliphatic rings. The highest BCUT2D eigenvalue weighted by atomic mass is 19.3. The third kappa shape index (κ3) is 3.02. The van der Waals surface area contributed by atoms with E-state index in [0.29, 0.717) is 5.92 Å². The molecule has 0 radical (unpaired) electrons. The summed E-state index contributed by atoms with van der Waals surface area (Å²) in [6.07, 6.45) is 1.39. The molecule has 0 aromatic heterocycles. The second kappa shape index (κ2) is 5.91. The number of piperazine rings is 1. The number of hydrogen-bond donors (Lipinski definition) is 1. The molecule has 4 rings (SSSR count). The van der Waals surface area contributed by atoms with Gasteiger partial charge in [-0.25, -0.2) is 0 Å². The van der Waals surface area contributed by atoms with Gasteiger partial charge < -0.3 is 14.8 Å². The molecular formula is C17H22F2N2O2. The van der Waals surface area contributed by atoms with Gasteiger partial charge in [-0.05, 0) is 36.5 Å². The fraction of sp³-hybridized carbons (Fsp3) is 0.647. The highest BCUT2D eigenvalue weighted by Gasteiger charge is 2.44. The fourth-order valence-corrected chi connectivity index (χ4v) is 4.16. The van der Waals surface area contributed by atoms with Crippen molar-refractivity contribution in [3.63, 3.8) is 0 Å². The van der Waals surface area contributed by atoms with Gasteiger partial charge in [-0.3, -0.25) is 4.90 Å². The third-order valence-corrected chi connectivity index (χ3v) is 5.16. The molecule has 1 N–H and O–H groups in total. The molecule has 23 heavy (non-hydrogen) atoms. The molecule has 4 nitrogen and oxygen atoms in total. The largest absolute Gasteiger partial charge is 0.586 e. The average molecular weight is 324 g/mol. The zero-order valence-corrected chi connectivity index (χ0v) is 13.1. The van der Waals surface area contributed by atoms with E-state index in [-0.39, 0.29) is 17.5 Å². The maximum absolute atomic E-state index is 13.3. The average Bonchev–Trinajstić information content (AvgIpc) is 3.14. The van der Waals surface area contributed by atoms with Crippen molar-refractivity contribution in [2.75, 3.05) is 26.2 Å². The van der Waals surface area contributed by atoms with Gasteiger partial charge in [-0.1, -0.05) is 18.9 Å². The first-order chi connectivity index (χ1) is 11.1. The van der Waals surface area contributed by atoms with Crippen LogP contribution >= 0.6 is 0 Å². The van der Waals surface area contributed by atoms with Gasteiger partial charge in [0.05, 0.1) is 0 Å². The van der Waals surface area contributed by atoms with Gasteiger partial charge in [0.15, 0.2) is 11.5 Å². The van der Waals surface area contributed by atoms with E-state index in [1.807, 2.05) is 6.07 Å². The van der Waals surface area contributed by atoms with Crippen molar-refractivity contribution in [2.24, 2.45) is 5.92 Å². The molecule has 1 aromatic carbocycles. The molecule has 6 heteroatoms. The van der Waals surface area contributed by atoms with Gasteiger partial charge in [-0.15, -0.1) is 8.78 Å². The molecule has 1 saturated carbocycles. The van der Waals surface area contributed by atoms with Crippen LogP contribution in [0.5, 0.6) is 11.5 Å². The zero-order valence-electron chi connectivity index (χ0n) is 13.1. The van der Waals surface area contributed by atoms with E-state index in [4.69, 9.17) is 0 Å². The fourth-order valence-electron chi connectivity index (χ4n) is 4.16. The quantitative estimate of drug-likeness (QED) is 0.926. The van der Waals surface area contributed by atoms with Crippen LogP contribution < -0.4 is 14.8 Å². The van der Waals surface area contributed by atoms with Crippen LogP contribution in [0.4, 0.5) is 8.78 Å². The topological polar surface area (TPSA) is 33.7 Å². The van der Waals surface area contributed by atoms with E-state index in [9.17, 15) is 8.78 Å². The number of ether oxygens (including phenoxy) is 2. The van der Waals surface area contributed by atoms with Crippen molar-refractivity contribution >= 4 is 0 Å². The molecule has 0 bridgehead atoms. The summed E-state index contributed by atoms with van der Waals surface area (Å²) >= 11 is 0. The Morgan fingerprint density at radius 2 is 1.78 bits per heavy atom. The van der Waals surface area contributed by atoms with Crippen molar-refractivity contribution in [1.82, 2.24) is 10.2 Å². The van der Waals surface area contributed by atoms with E-state index in [1.54, 1.807) is 12.1 Å². The summed E-state index contributed by atoms with van der Waals surface area (Å²) in [4.78, 5) is 2.49. The minimum atomic E-state index is -3.54. The Bertz CT molecular complexity index is 570. The van der Waals surface area contributed by atoms with Crippen molar-refractivity contribution < 1.29 is 18.3 Å². The second-order valence-electron chi connectivity index (χ2n) is 6.65. The summed E-state index contributed by atoms with van der Waals surface area (Å²) in [5.74, 6) is 0.879. The molecule has 2 fully saturated rings. The minimum Gasteiger partial charge on any atom is -0.395 e. The summed E-state index contributed by atoms with van der Waals surface area (Å²) in [6.45, 7) is 3.94. The Labute approximate surface area is 134 Å². The van der Waals surface area contributed by atoms with Crippen molar-refractivity contribution in [2.45, 2.75) is 38.0 Å². The Morgan fingerprint density at radius 3 is 2.52 bits per heavy atom. The zero-order chi connectivity index (χ0) is 15.9. The lowest BCUT2D eigenvalue weighted by molar-refractivity contribution is -0.286. The minimum absolute atomic E-state index is 0.129. The van der Waals surface area contributed by atoms with Crippen LogP contribution in [-0.4, -0.2) is 37.4 Å². The maximum Gasteiger partial charge on any atom is 0.586 e. The summed E-state index contributed by atoms with van der Waals surface area (Å²) in [6, 6.07) is 5.58. The molecular weight excluding hydrogens is 302 g/mol. The normalized spacial score (nSPS) is 25.7. The van der Waals surface area contributed by atoms with Gasteiger partial charge in [0, 0.05) is 32.2 Å². The number of fused-ring (bicyclic) bond motifs is 1. The van der Waals surface area contributed by atoms with E-state index < -0.39 is 6.29 Å². The lowest BCUT2D eigenvalue weighted by atomic mass is 9.89. The van der Waals surface area contributed by atoms with Gasteiger partial charge in [0.1, 0.15) is 0 Å². The molecule has 2 heterocycles. The third-order valence-electron chi connectivity index (χ3n) is 5.16. The summed E-state index contributed by atoms with van der Waals surface area (Å²) < 4.78 is 35.7. The monoisotopic (exact) mass is 324 g/mol. The van der Waals surface area contributed by atoms with Crippen LogP contribution in [0, 0.1) is 5.92 Å². The maximum atomic E-state index is 13.3. The van der Waals surface area contributed by atoms with Crippen LogP contribution in [0.15, 0.2) is 18.2 Å². The van der Waals surface area contributed by atoms with Crippen molar-refractivity contribution in [3.05, 3.63) is 23.8 Å². The number of halogens is 2. The van der Waals surface area contributed by atoms with E-state index in [1.165, 1.54) is 25.7 Å². The van der Waals surface area contributed by atoms with Crippen LogP contribution in [0.1, 0.15) is 37.3 Å². The van der Waals surface area contributed by atoms with E-state index >= 15 is 0 Å². The van der Waals surface area contributed by atoms with Gasteiger partial charge in [0.2, 0.25) is 0 Å². The molecule has 1 saturated heterocycles.